The molecule has 0 heterocycles. The highest BCUT2D eigenvalue weighted by Crippen LogP contribution is 2.15. The molecule has 0 aliphatic rings. The molecule has 1 aromatic carbocycles. The number of rotatable bonds is 6. The van der Waals surface area contributed by atoms with Gasteiger partial charge in [0.25, 0.3) is 0 Å². The summed E-state index contributed by atoms with van der Waals surface area (Å²) in [5, 5.41) is 0. The van der Waals surface area contributed by atoms with Gasteiger partial charge in [-0.05, 0) is 50.3 Å². The Morgan fingerprint density at radius 2 is 1.88 bits per heavy atom. The number of carbonyl (C=O) groups is 1. The minimum Gasteiger partial charge on any atom is -0.328 e. The van der Waals surface area contributed by atoms with Crippen LogP contribution in [0.3, 0.4) is 0 Å². The van der Waals surface area contributed by atoms with Crippen LogP contribution in [0.4, 0.5) is 0 Å². The zero-order chi connectivity index (χ0) is 12.8. The van der Waals surface area contributed by atoms with Crippen LogP contribution in [-0.4, -0.2) is 11.8 Å². The summed E-state index contributed by atoms with van der Waals surface area (Å²) < 4.78 is 0. The zero-order valence-corrected chi connectivity index (χ0v) is 11.1. The van der Waals surface area contributed by atoms with E-state index in [2.05, 4.69) is 26.0 Å². The number of hydrogen-bond donors (Lipinski definition) is 1. The van der Waals surface area contributed by atoms with Crippen molar-refractivity contribution in [2.45, 2.75) is 52.5 Å². The molecule has 0 saturated carbocycles. The van der Waals surface area contributed by atoms with Gasteiger partial charge in [-0.15, -0.1) is 0 Å². The topological polar surface area (TPSA) is 43.1 Å². The van der Waals surface area contributed by atoms with E-state index in [1.807, 2.05) is 13.0 Å². The van der Waals surface area contributed by atoms with Gasteiger partial charge in [0.2, 0.25) is 0 Å². The van der Waals surface area contributed by atoms with Crippen molar-refractivity contribution in [2.24, 2.45) is 5.73 Å². The fourth-order valence-corrected chi connectivity index (χ4v) is 2.03. The van der Waals surface area contributed by atoms with E-state index < -0.39 is 0 Å². The van der Waals surface area contributed by atoms with Crippen LogP contribution in [0.15, 0.2) is 18.2 Å². The second-order valence-electron chi connectivity index (χ2n) is 4.96. The van der Waals surface area contributed by atoms with Gasteiger partial charge in [0, 0.05) is 18.9 Å². The first-order chi connectivity index (χ1) is 8.00. The average molecular weight is 233 g/mol. The molecule has 2 N–H and O–H groups in total. The zero-order valence-electron chi connectivity index (χ0n) is 11.1. The quantitative estimate of drug-likeness (QED) is 0.821. The monoisotopic (exact) mass is 233 g/mol. The molecule has 0 amide bonds. The van der Waals surface area contributed by atoms with Crippen LogP contribution >= 0.6 is 0 Å². The number of benzene rings is 1. The second-order valence-corrected chi connectivity index (χ2v) is 4.96. The Morgan fingerprint density at radius 1 is 1.29 bits per heavy atom. The van der Waals surface area contributed by atoms with Crippen LogP contribution in [0.1, 0.15) is 42.9 Å². The second kappa shape index (κ2) is 6.55. The Morgan fingerprint density at radius 3 is 2.41 bits per heavy atom. The third kappa shape index (κ3) is 4.70. The molecular formula is C15H23NO. The van der Waals surface area contributed by atoms with Gasteiger partial charge >= 0.3 is 0 Å². The lowest BCUT2D eigenvalue weighted by Crippen LogP contribution is -2.15. The smallest absolute Gasteiger partial charge is 0.137 e. The Labute approximate surface area is 104 Å². The molecule has 94 valence electrons. The van der Waals surface area contributed by atoms with Crippen molar-refractivity contribution >= 4 is 5.78 Å². The standard InChI is InChI=1S/C15H23NO/c1-11-6-4-7-12(2)15(11)10-14(17)9-5-8-13(3)16/h4,6-7,13H,5,8-10,16H2,1-3H3. The summed E-state index contributed by atoms with van der Waals surface area (Å²) in [5.41, 5.74) is 9.29. The summed E-state index contributed by atoms with van der Waals surface area (Å²) in [6.45, 7) is 6.12. The molecule has 2 heteroatoms. The molecule has 2 nitrogen and oxygen atoms in total. The van der Waals surface area contributed by atoms with E-state index in [-0.39, 0.29) is 6.04 Å². The van der Waals surface area contributed by atoms with E-state index in [0.717, 1.165) is 12.8 Å². The third-order valence-corrected chi connectivity index (χ3v) is 3.13. The van der Waals surface area contributed by atoms with Gasteiger partial charge in [-0.25, -0.2) is 0 Å². The molecule has 1 atom stereocenters. The van der Waals surface area contributed by atoms with Crippen molar-refractivity contribution in [2.75, 3.05) is 0 Å². The Hall–Kier alpha value is -1.15. The third-order valence-electron chi connectivity index (χ3n) is 3.13. The van der Waals surface area contributed by atoms with Crippen LogP contribution < -0.4 is 5.73 Å². The molecule has 0 bridgehead atoms. The van der Waals surface area contributed by atoms with Crippen LogP contribution in [0.2, 0.25) is 0 Å². The number of Topliss-reactive ketones (excluding diaryl/α,β-unsaturated/α-hetero) is 1. The van der Waals surface area contributed by atoms with Crippen molar-refractivity contribution < 1.29 is 4.79 Å². The molecule has 0 aliphatic heterocycles. The number of aryl methyl sites for hydroxylation is 2. The first kappa shape index (κ1) is 13.9. The van der Waals surface area contributed by atoms with Gasteiger partial charge in [-0.3, -0.25) is 4.79 Å². The Bertz CT molecular complexity index is 362. The predicted molar refractivity (Wildman–Crippen MR) is 72.1 cm³/mol. The predicted octanol–water partition coefficient (Wildman–Crippen LogP) is 2.93. The summed E-state index contributed by atoms with van der Waals surface area (Å²) in [7, 11) is 0. The number of ketones is 1. The van der Waals surface area contributed by atoms with E-state index >= 15 is 0 Å². The molecule has 0 spiro atoms. The summed E-state index contributed by atoms with van der Waals surface area (Å²) >= 11 is 0. The first-order valence-corrected chi connectivity index (χ1v) is 6.33. The molecule has 0 aliphatic carbocycles. The van der Waals surface area contributed by atoms with E-state index in [1.165, 1.54) is 16.7 Å². The lowest BCUT2D eigenvalue weighted by atomic mass is 9.96. The van der Waals surface area contributed by atoms with Gasteiger partial charge in [-0.2, -0.15) is 0 Å². The molecular weight excluding hydrogens is 210 g/mol. The Kier molecular flexibility index (Phi) is 5.36. The van der Waals surface area contributed by atoms with Crippen LogP contribution in [0.5, 0.6) is 0 Å². The molecule has 17 heavy (non-hydrogen) atoms. The van der Waals surface area contributed by atoms with Crippen molar-refractivity contribution in [1.82, 2.24) is 0 Å². The van der Waals surface area contributed by atoms with Crippen molar-refractivity contribution in [1.29, 1.82) is 0 Å². The fraction of sp³-hybridized carbons (Fsp3) is 0.533. The summed E-state index contributed by atoms with van der Waals surface area (Å²) in [6, 6.07) is 6.37. The normalized spacial score (nSPS) is 12.5. The van der Waals surface area contributed by atoms with Gasteiger partial charge in [0.1, 0.15) is 5.78 Å². The lowest BCUT2D eigenvalue weighted by Gasteiger charge is -2.09. The maximum atomic E-state index is 11.9. The van der Waals surface area contributed by atoms with Gasteiger partial charge in [-0.1, -0.05) is 18.2 Å². The van der Waals surface area contributed by atoms with E-state index in [9.17, 15) is 4.79 Å². The highest BCUT2D eigenvalue weighted by atomic mass is 16.1. The van der Waals surface area contributed by atoms with Crippen LogP contribution in [0.25, 0.3) is 0 Å². The number of nitrogens with two attached hydrogens (primary N) is 1. The van der Waals surface area contributed by atoms with Crippen molar-refractivity contribution in [3.8, 4) is 0 Å². The van der Waals surface area contributed by atoms with E-state index in [0.29, 0.717) is 18.6 Å². The first-order valence-electron chi connectivity index (χ1n) is 6.33. The summed E-state index contributed by atoms with van der Waals surface area (Å²) in [6.07, 6.45) is 3.05. The van der Waals surface area contributed by atoms with Gasteiger partial charge < -0.3 is 5.73 Å². The van der Waals surface area contributed by atoms with Crippen molar-refractivity contribution in [3.63, 3.8) is 0 Å². The summed E-state index contributed by atoms with van der Waals surface area (Å²) in [5.74, 6) is 0.322. The van der Waals surface area contributed by atoms with E-state index in [1.54, 1.807) is 0 Å². The lowest BCUT2D eigenvalue weighted by molar-refractivity contribution is -0.118. The largest absolute Gasteiger partial charge is 0.328 e. The minimum absolute atomic E-state index is 0.197. The van der Waals surface area contributed by atoms with Gasteiger partial charge in [0.05, 0.1) is 0 Å². The van der Waals surface area contributed by atoms with Crippen molar-refractivity contribution in [3.05, 3.63) is 34.9 Å². The highest BCUT2D eigenvalue weighted by Gasteiger charge is 2.08. The molecule has 0 aromatic heterocycles. The minimum atomic E-state index is 0.197. The SMILES string of the molecule is Cc1cccc(C)c1CC(=O)CCCC(C)N. The molecule has 0 saturated heterocycles. The maximum Gasteiger partial charge on any atom is 0.137 e. The molecule has 0 fully saturated rings. The fourth-order valence-electron chi connectivity index (χ4n) is 2.03. The molecule has 1 rings (SSSR count). The van der Waals surface area contributed by atoms with Crippen LogP contribution in [0, 0.1) is 13.8 Å². The van der Waals surface area contributed by atoms with Gasteiger partial charge in [0.15, 0.2) is 0 Å². The highest BCUT2D eigenvalue weighted by molar-refractivity contribution is 5.81. The molecule has 1 aromatic rings. The Balaban J connectivity index is 2.51. The summed E-state index contributed by atoms with van der Waals surface area (Å²) in [4.78, 5) is 11.9. The van der Waals surface area contributed by atoms with E-state index in [4.69, 9.17) is 5.73 Å². The van der Waals surface area contributed by atoms with Crippen LogP contribution in [-0.2, 0) is 11.2 Å². The molecule has 1 unspecified atom stereocenters. The maximum absolute atomic E-state index is 11.9. The average Bonchev–Trinajstić information content (AvgIpc) is 2.23. The number of carbonyl (C=O) groups excluding carboxylic acids is 1. The number of hydrogen-bond acceptors (Lipinski definition) is 2. The molecule has 0 radical (unpaired) electrons.